The molecular formula is C18H16N2. The van der Waals surface area contributed by atoms with E-state index in [1.54, 1.807) is 12.3 Å². The number of rotatable bonds is 3. The molecule has 0 amide bonds. The van der Waals surface area contributed by atoms with Gasteiger partial charge >= 0.3 is 0 Å². The fraction of sp³-hybridized carbons (Fsp3) is 0.111. The second-order valence-corrected chi connectivity index (χ2v) is 4.45. The molecule has 0 spiro atoms. The summed E-state index contributed by atoms with van der Waals surface area (Å²) in [5.74, 6) is 0. The molecule has 2 heteroatoms. The molecule has 2 nitrogen and oxygen atoms in total. The van der Waals surface area contributed by atoms with Crippen LogP contribution in [0.3, 0.4) is 0 Å². The molecule has 0 atom stereocenters. The maximum atomic E-state index is 7.80. The lowest BCUT2D eigenvalue weighted by molar-refractivity contribution is 1.04. The summed E-state index contributed by atoms with van der Waals surface area (Å²) in [5, 5.41) is 0. The van der Waals surface area contributed by atoms with Crippen LogP contribution in [0, 0.1) is 0 Å². The van der Waals surface area contributed by atoms with Crippen molar-refractivity contribution in [3.8, 4) is 22.5 Å². The van der Waals surface area contributed by atoms with Crippen molar-refractivity contribution < 1.29 is 2.74 Å². The van der Waals surface area contributed by atoms with Gasteiger partial charge in [0.15, 0.2) is 0 Å². The second-order valence-electron chi connectivity index (χ2n) is 4.45. The minimum Gasteiger partial charge on any atom is -0.256 e. The highest BCUT2D eigenvalue weighted by atomic mass is 14.7. The topological polar surface area (TPSA) is 25.8 Å². The standard InChI is InChI=1S/C18H16N2/c1-2-16-9-6-10-17(20-16)15-11-12-19-18(13-15)14-7-4-3-5-8-14/h3-13H,2H2,1H3/i2D2. The maximum Gasteiger partial charge on any atom is 0.0708 e. The van der Waals surface area contributed by atoms with E-state index in [-0.39, 0.29) is 0 Å². The van der Waals surface area contributed by atoms with Crippen molar-refractivity contribution in [1.29, 1.82) is 0 Å². The molecule has 3 aromatic rings. The van der Waals surface area contributed by atoms with Crippen LogP contribution < -0.4 is 0 Å². The summed E-state index contributed by atoms with van der Waals surface area (Å²) in [6.07, 6.45) is 0.303. The average molecular weight is 262 g/mol. The molecule has 0 N–H and O–H groups in total. The third-order valence-corrected chi connectivity index (χ3v) is 3.13. The smallest absolute Gasteiger partial charge is 0.0708 e. The normalized spacial score (nSPS) is 12.7. The van der Waals surface area contributed by atoms with Crippen LogP contribution in [0.4, 0.5) is 0 Å². The fourth-order valence-corrected chi connectivity index (χ4v) is 2.09. The molecule has 20 heavy (non-hydrogen) atoms. The second kappa shape index (κ2) is 5.66. The first-order valence-corrected chi connectivity index (χ1v) is 6.53. The molecule has 2 heterocycles. The highest BCUT2D eigenvalue weighted by Crippen LogP contribution is 2.23. The van der Waals surface area contributed by atoms with Crippen molar-refractivity contribution in [3.05, 3.63) is 72.6 Å². The minimum absolute atomic E-state index is 0.433. The maximum absolute atomic E-state index is 7.80. The van der Waals surface area contributed by atoms with E-state index in [1.807, 2.05) is 54.6 Å². The first-order chi connectivity index (χ1) is 10.5. The van der Waals surface area contributed by atoms with Gasteiger partial charge in [0.1, 0.15) is 0 Å². The Kier molecular flexibility index (Phi) is 2.92. The van der Waals surface area contributed by atoms with Gasteiger partial charge in [0.2, 0.25) is 0 Å². The third kappa shape index (κ3) is 2.59. The zero-order valence-corrected chi connectivity index (χ0v) is 11.2. The number of aromatic nitrogens is 2. The minimum atomic E-state index is -1.45. The van der Waals surface area contributed by atoms with Gasteiger partial charge in [-0.05, 0) is 30.6 Å². The number of hydrogen-bond acceptors (Lipinski definition) is 2. The Balaban J connectivity index is 2.03. The quantitative estimate of drug-likeness (QED) is 0.700. The van der Waals surface area contributed by atoms with Gasteiger partial charge in [-0.25, -0.2) is 0 Å². The monoisotopic (exact) mass is 262 g/mol. The molecule has 2 aromatic heterocycles. The summed E-state index contributed by atoms with van der Waals surface area (Å²) in [7, 11) is 0. The van der Waals surface area contributed by atoms with E-state index in [9.17, 15) is 0 Å². The van der Waals surface area contributed by atoms with E-state index in [4.69, 9.17) is 2.74 Å². The van der Waals surface area contributed by atoms with Gasteiger partial charge in [0.25, 0.3) is 0 Å². The lowest BCUT2D eigenvalue weighted by Gasteiger charge is -2.06. The number of aryl methyl sites for hydroxylation is 1. The van der Waals surface area contributed by atoms with Crippen LogP contribution in [0.1, 0.15) is 15.4 Å². The average Bonchev–Trinajstić information content (AvgIpc) is 2.55. The summed E-state index contributed by atoms with van der Waals surface area (Å²) in [6.45, 7) is 1.51. The summed E-state index contributed by atoms with van der Waals surface area (Å²) < 4.78 is 15.6. The summed E-state index contributed by atoms with van der Waals surface area (Å²) in [6, 6.07) is 19.3. The van der Waals surface area contributed by atoms with Crippen molar-refractivity contribution in [2.45, 2.75) is 13.3 Å². The molecule has 0 saturated carbocycles. The van der Waals surface area contributed by atoms with E-state index < -0.39 is 6.37 Å². The first-order valence-electron chi connectivity index (χ1n) is 7.53. The molecule has 0 radical (unpaired) electrons. The molecule has 1 aromatic carbocycles. The Morgan fingerprint density at radius 3 is 2.55 bits per heavy atom. The summed E-state index contributed by atoms with van der Waals surface area (Å²) in [4.78, 5) is 8.85. The molecule has 3 rings (SSSR count). The molecule has 0 unspecified atom stereocenters. The first kappa shape index (κ1) is 10.3. The van der Waals surface area contributed by atoms with Gasteiger partial charge in [0.05, 0.1) is 11.4 Å². The molecule has 0 bridgehead atoms. The number of hydrogen-bond donors (Lipinski definition) is 0. The van der Waals surface area contributed by atoms with E-state index in [0.29, 0.717) is 5.69 Å². The zero-order chi connectivity index (χ0) is 15.6. The molecule has 98 valence electrons. The number of pyridine rings is 2. The van der Waals surface area contributed by atoms with Crippen LogP contribution in [0.15, 0.2) is 66.9 Å². The van der Waals surface area contributed by atoms with Crippen LogP contribution in [0.2, 0.25) is 0 Å². The lowest BCUT2D eigenvalue weighted by Crippen LogP contribution is -1.91. The van der Waals surface area contributed by atoms with E-state index in [0.717, 1.165) is 22.5 Å². The van der Waals surface area contributed by atoms with Crippen molar-refractivity contribution in [3.63, 3.8) is 0 Å². The van der Waals surface area contributed by atoms with Crippen molar-refractivity contribution in [2.24, 2.45) is 0 Å². The Morgan fingerprint density at radius 2 is 1.75 bits per heavy atom. The van der Waals surface area contributed by atoms with Crippen molar-refractivity contribution in [2.75, 3.05) is 0 Å². The summed E-state index contributed by atoms with van der Waals surface area (Å²) >= 11 is 0. The Morgan fingerprint density at radius 1 is 0.900 bits per heavy atom. The zero-order valence-electron chi connectivity index (χ0n) is 13.2. The van der Waals surface area contributed by atoms with E-state index in [1.165, 1.54) is 6.92 Å². The Bertz CT molecular complexity index is 780. The van der Waals surface area contributed by atoms with Gasteiger partial charge in [-0.2, -0.15) is 0 Å². The highest BCUT2D eigenvalue weighted by molar-refractivity contribution is 5.68. The van der Waals surface area contributed by atoms with Crippen molar-refractivity contribution in [1.82, 2.24) is 9.97 Å². The third-order valence-electron chi connectivity index (χ3n) is 3.13. The predicted octanol–water partition coefficient (Wildman–Crippen LogP) is 4.37. The van der Waals surface area contributed by atoms with Gasteiger partial charge < -0.3 is 0 Å². The fourth-order valence-electron chi connectivity index (χ4n) is 2.09. The SMILES string of the molecule is [2H]C([2H])(C)c1cccc(-c2ccnc(-c3ccccc3)c2)n1. The largest absolute Gasteiger partial charge is 0.256 e. The molecular weight excluding hydrogens is 244 g/mol. The van der Waals surface area contributed by atoms with Crippen molar-refractivity contribution >= 4 is 0 Å². The molecule has 0 aliphatic rings. The molecule has 0 aliphatic carbocycles. The van der Waals surface area contributed by atoms with Crippen LogP contribution in [-0.2, 0) is 6.37 Å². The van der Waals surface area contributed by atoms with Gasteiger partial charge in [-0.15, -0.1) is 0 Å². The Hall–Kier alpha value is -2.48. The molecule has 0 aliphatic heterocycles. The van der Waals surface area contributed by atoms with Gasteiger partial charge in [-0.1, -0.05) is 43.3 Å². The Labute approximate surface area is 122 Å². The number of benzene rings is 1. The van der Waals surface area contributed by atoms with Crippen LogP contribution in [0.25, 0.3) is 22.5 Å². The van der Waals surface area contributed by atoms with Gasteiger partial charge in [-0.3, -0.25) is 9.97 Å². The van der Waals surface area contributed by atoms with Gasteiger partial charge in [0, 0.05) is 25.8 Å². The molecule has 0 saturated heterocycles. The number of nitrogens with zero attached hydrogens (tertiary/aromatic N) is 2. The molecule has 0 fully saturated rings. The highest BCUT2D eigenvalue weighted by Gasteiger charge is 2.04. The van der Waals surface area contributed by atoms with E-state index >= 15 is 0 Å². The van der Waals surface area contributed by atoms with Crippen LogP contribution in [-0.4, -0.2) is 9.97 Å². The predicted molar refractivity (Wildman–Crippen MR) is 82.3 cm³/mol. The van der Waals surface area contributed by atoms with Crippen LogP contribution >= 0.6 is 0 Å². The van der Waals surface area contributed by atoms with Crippen LogP contribution in [0.5, 0.6) is 0 Å². The lowest BCUT2D eigenvalue weighted by atomic mass is 10.1. The van der Waals surface area contributed by atoms with E-state index in [2.05, 4.69) is 9.97 Å². The summed E-state index contributed by atoms with van der Waals surface area (Å²) in [5.41, 5.74) is 4.04.